The van der Waals surface area contributed by atoms with Crippen LogP contribution in [0.15, 0.2) is 30.3 Å². The number of nitrogens with two attached hydrogens (primary N) is 1. The van der Waals surface area contributed by atoms with Crippen LogP contribution in [-0.4, -0.2) is 37.1 Å². The highest BCUT2D eigenvalue weighted by atomic mass is 16.5. The summed E-state index contributed by atoms with van der Waals surface area (Å²) >= 11 is 0. The minimum Gasteiger partial charge on any atom is -0.381 e. The first-order valence-corrected chi connectivity index (χ1v) is 7.75. The first-order chi connectivity index (χ1) is 10.0. The van der Waals surface area contributed by atoms with Gasteiger partial charge in [-0.3, -0.25) is 4.79 Å². The summed E-state index contributed by atoms with van der Waals surface area (Å²) in [5, 5.41) is 0. The van der Waals surface area contributed by atoms with Gasteiger partial charge in [-0.25, -0.2) is 0 Å². The van der Waals surface area contributed by atoms with Crippen LogP contribution < -0.4 is 5.73 Å². The zero-order chi connectivity index (χ0) is 14.9. The van der Waals surface area contributed by atoms with E-state index in [-0.39, 0.29) is 11.3 Å². The molecule has 1 amide bonds. The zero-order valence-corrected chi connectivity index (χ0v) is 12.7. The summed E-state index contributed by atoms with van der Waals surface area (Å²) in [5.41, 5.74) is 6.56. The number of hydrogen-bond acceptors (Lipinski definition) is 3. The molecule has 0 aliphatic carbocycles. The molecule has 0 saturated carbocycles. The van der Waals surface area contributed by atoms with Gasteiger partial charge in [0.15, 0.2) is 0 Å². The van der Waals surface area contributed by atoms with Crippen LogP contribution in [0, 0.1) is 5.41 Å². The predicted octanol–water partition coefficient (Wildman–Crippen LogP) is 1.89. The van der Waals surface area contributed by atoms with Gasteiger partial charge in [0.25, 0.3) is 0 Å². The third kappa shape index (κ3) is 2.70. The first kappa shape index (κ1) is 14.5. The van der Waals surface area contributed by atoms with Crippen LogP contribution in [0.1, 0.15) is 31.7 Å². The Labute approximate surface area is 126 Å². The number of carbonyl (C=O) groups is 1. The van der Waals surface area contributed by atoms with Gasteiger partial charge >= 0.3 is 0 Å². The predicted molar refractivity (Wildman–Crippen MR) is 81.7 cm³/mol. The van der Waals surface area contributed by atoms with Crippen LogP contribution in [-0.2, 0) is 15.1 Å². The Balaban J connectivity index is 1.74. The highest BCUT2D eigenvalue weighted by molar-refractivity contribution is 5.87. The minimum atomic E-state index is -0.946. The van der Waals surface area contributed by atoms with Crippen molar-refractivity contribution in [2.45, 2.75) is 31.7 Å². The lowest BCUT2D eigenvalue weighted by Gasteiger charge is -2.35. The number of ether oxygens (including phenoxy) is 1. The summed E-state index contributed by atoms with van der Waals surface area (Å²) in [6.07, 6.45) is 3.19. The Hall–Kier alpha value is -1.39. The minimum absolute atomic E-state index is 0.0390. The second-order valence-electron chi connectivity index (χ2n) is 6.66. The molecule has 2 N–H and O–H groups in total. The molecule has 2 aliphatic heterocycles. The fraction of sp³-hybridized carbons (Fsp3) is 0.588. The lowest BCUT2D eigenvalue weighted by Crippen LogP contribution is -2.50. The van der Waals surface area contributed by atoms with E-state index < -0.39 is 5.54 Å². The van der Waals surface area contributed by atoms with Crippen molar-refractivity contribution in [2.24, 2.45) is 11.1 Å². The number of nitrogens with zero attached hydrogens (tertiary/aromatic N) is 1. The summed E-state index contributed by atoms with van der Waals surface area (Å²) in [4.78, 5) is 14.8. The zero-order valence-electron chi connectivity index (χ0n) is 12.7. The van der Waals surface area contributed by atoms with Crippen molar-refractivity contribution in [3.05, 3.63) is 35.9 Å². The number of likely N-dealkylation sites (tertiary alicyclic amines) is 1. The van der Waals surface area contributed by atoms with Crippen molar-refractivity contribution in [1.29, 1.82) is 0 Å². The quantitative estimate of drug-likeness (QED) is 0.904. The molecule has 1 spiro atoms. The van der Waals surface area contributed by atoms with Crippen LogP contribution in [0.25, 0.3) is 0 Å². The summed E-state index contributed by atoms with van der Waals surface area (Å²) in [6.45, 7) is 5.11. The highest BCUT2D eigenvalue weighted by Crippen LogP contribution is 2.40. The second-order valence-corrected chi connectivity index (χ2v) is 6.66. The van der Waals surface area contributed by atoms with Crippen LogP contribution in [0.2, 0.25) is 0 Å². The van der Waals surface area contributed by atoms with Crippen LogP contribution in [0.5, 0.6) is 0 Å². The van der Waals surface area contributed by atoms with Crippen molar-refractivity contribution in [1.82, 2.24) is 4.90 Å². The molecule has 114 valence electrons. The van der Waals surface area contributed by atoms with Crippen molar-refractivity contribution >= 4 is 5.91 Å². The fourth-order valence-corrected chi connectivity index (χ4v) is 3.56. The molecule has 4 heteroatoms. The van der Waals surface area contributed by atoms with Crippen LogP contribution >= 0.6 is 0 Å². The Morgan fingerprint density at radius 3 is 2.57 bits per heavy atom. The molecule has 2 heterocycles. The topological polar surface area (TPSA) is 55.6 Å². The van der Waals surface area contributed by atoms with Gasteiger partial charge in [0.2, 0.25) is 5.91 Å². The highest BCUT2D eigenvalue weighted by Gasteiger charge is 2.44. The summed E-state index contributed by atoms with van der Waals surface area (Å²) < 4.78 is 5.46. The van der Waals surface area contributed by atoms with E-state index in [2.05, 4.69) is 0 Å². The van der Waals surface area contributed by atoms with E-state index in [1.54, 1.807) is 0 Å². The van der Waals surface area contributed by atoms with E-state index in [0.29, 0.717) is 0 Å². The molecule has 0 radical (unpaired) electrons. The Bertz CT molecular complexity index is 507. The van der Waals surface area contributed by atoms with E-state index in [1.807, 2.05) is 42.2 Å². The molecule has 1 atom stereocenters. The van der Waals surface area contributed by atoms with Gasteiger partial charge in [-0.1, -0.05) is 30.3 Å². The number of rotatable bonds is 2. The van der Waals surface area contributed by atoms with Gasteiger partial charge in [-0.05, 0) is 37.2 Å². The average Bonchev–Trinajstić information content (AvgIpc) is 2.91. The summed E-state index contributed by atoms with van der Waals surface area (Å²) in [6, 6.07) is 9.66. The van der Waals surface area contributed by atoms with E-state index in [4.69, 9.17) is 10.5 Å². The summed E-state index contributed by atoms with van der Waals surface area (Å²) in [7, 11) is 0. The molecule has 3 rings (SSSR count). The van der Waals surface area contributed by atoms with E-state index >= 15 is 0 Å². The average molecular weight is 288 g/mol. The van der Waals surface area contributed by atoms with Gasteiger partial charge in [-0.2, -0.15) is 0 Å². The van der Waals surface area contributed by atoms with E-state index in [1.165, 1.54) is 0 Å². The summed E-state index contributed by atoms with van der Waals surface area (Å²) in [5.74, 6) is 0.0390. The van der Waals surface area contributed by atoms with Gasteiger partial charge in [0.05, 0.1) is 0 Å². The lowest BCUT2D eigenvalue weighted by molar-refractivity contribution is -0.136. The molecule has 1 unspecified atom stereocenters. The number of hydrogen-bond donors (Lipinski definition) is 1. The molecule has 2 saturated heterocycles. The number of amides is 1. The smallest absolute Gasteiger partial charge is 0.246 e. The third-order valence-electron chi connectivity index (χ3n) is 5.10. The van der Waals surface area contributed by atoms with Crippen molar-refractivity contribution < 1.29 is 9.53 Å². The van der Waals surface area contributed by atoms with Gasteiger partial charge in [0, 0.05) is 26.3 Å². The molecule has 0 bridgehead atoms. The van der Waals surface area contributed by atoms with Crippen molar-refractivity contribution in [3.63, 3.8) is 0 Å². The van der Waals surface area contributed by atoms with Gasteiger partial charge in [-0.15, -0.1) is 0 Å². The molecule has 2 aliphatic rings. The van der Waals surface area contributed by atoms with E-state index in [9.17, 15) is 4.79 Å². The second kappa shape index (κ2) is 5.43. The molecule has 21 heavy (non-hydrogen) atoms. The normalized spacial score (nSPS) is 24.0. The van der Waals surface area contributed by atoms with Crippen LogP contribution in [0.4, 0.5) is 0 Å². The molecular formula is C17H24N2O2. The van der Waals surface area contributed by atoms with Gasteiger partial charge < -0.3 is 15.4 Å². The van der Waals surface area contributed by atoms with E-state index in [0.717, 1.165) is 51.1 Å². The molecular weight excluding hydrogens is 264 g/mol. The molecule has 4 nitrogen and oxygen atoms in total. The maximum Gasteiger partial charge on any atom is 0.246 e. The number of carbonyl (C=O) groups excluding carboxylic acids is 1. The monoisotopic (exact) mass is 288 g/mol. The fourth-order valence-electron chi connectivity index (χ4n) is 3.56. The Kier molecular flexibility index (Phi) is 3.76. The van der Waals surface area contributed by atoms with Crippen molar-refractivity contribution in [2.75, 3.05) is 26.3 Å². The lowest BCUT2D eigenvalue weighted by atomic mass is 9.79. The van der Waals surface area contributed by atoms with Crippen molar-refractivity contribution in [3.8, 4) is 0 Å². The van der Waals surface area contributed by atoms with Gasteiger partial charge in [0.1, 0.15) is 5.54 Å². The third-order valence-corrected chi connectivity index (χ3v) is 5.10. The maximum absolute atomic E-state index is 12.9. The molecule has 1 aromatic carbocycles. The maximum atomic E-state index is 12.9. The molecule has 0 aromatic heterocycles. The van der Waals surface area contributed by atoms with Crippen LogP contribution in [0.3, 0.4) is 0 Å². The SMILES string of the molecule is CC(N)(C(=O)N1CCC2(CCOCC2)C1)c1ccccc1. The first-order valence-electron chi connectivity index (χ1n) is 7.75. The number of benzene rings is 1. The Morgan fingerprint density at radius 2 is 1.90 bits per heavy atom. The molecule has 1 aromatic rings. The molecule has 2 fully saturated rings. The Morgan fingerprint density at radius 1 is 1.24 bits per heavy atom. The largest absolute Gasteiger partial charge is 0.381 e. The standard InChI is InChI=1S/C17H24N2O2/c1-16(18,14-5-3-2-4-6-14)15(20)19-10-7-17(13-19)8-11-21-12-9-17/h2-6H,7-13,18H2,1H3.